The molecule has 0 atom stereocenters. The smallest absolute Gasteiger partial charge is 0.144 e. The minimum absolute atomic E-state index is 0.549. The van der Waals surface area contributed by atoms with Crippen LogP contribution in [0.1, 0.15) is 24.1 Å². The number of rotatable bonds is 3. The van der Waals surface area contributed by atoms with E-state index in [0.29, 0.717) is 11.6 Å². The molecule has 0 aliphatic carbocycles. The number of nitrogens with zero attached hydrogens (tertiary/aromatic N) is 3. The van der Waals surface area contributed by atoms with Gasteiger partial charge in [-0.2, -0.15) is 5.26 Å². The minimum atomic E-state index is 0.549. The Labute approximate surface area is 102 Å². The summed E-state index contributed by atoms with van der Waals surface area (Å²) in [5.41, 5.74) is 7.25. The number of hydrogen-bond acceptors (Lipinski definition) is 4. The molecule has 0 saturated carbocycles. The number of piperidine rings is 1. The molecule has 1 fully saturated rings. The van der Waals surface area contributed by atoms with Crippen LogP contribution in [0.15, 0.2) is 18.3 Å². The molecule has 17 heavy (non-hydrogen) atoms. The van der Waals surface area contributed by atoms with E-state index in [1.54, 1.807) is 6.20 Å². The standard InChI is InChI=1S/C13H18N4/c14-8-11-3-6-17(7-4-11)10-12-2-1-5-16-13(12)9-15/h1-2,5,11H,3-4,6-8,10,14H2. The first-order valence-electron chi connectivity index (χ1n) is 6.10. The van der Waals surface area contributed by atoms with Gasteiger partial charge < -0.3 is 5.73 Å². The third kappa shape index (κ3) is 3.02. The molecule has 0 amide bonds. The number of pyridine rings is 1. The Morgan fingerprint density at radius 3 is 2.88 bits per heavy atom. The van der Waals surface area contributed by atoms with Gasteiger partial charge in [0.2, 0.25) is 0 Å². The molecule has 0 aromatic carbocycles. The SMILES string of the molecule is N#Cc1ncccc1CN1CCC(CN)CC1. The van der Waals surface area contributed by atoms with E-state index in [4.69, 9.17) is 11.0 Å². The molecule has 0 spiro atoms. The van der Waals surface area contributed by atoms with E-state index in [1.807, 2.05) is 12.1 Å². The van der Waals surface area contributed by atoms with Gasteiger partial charge in [0.1, 0.15) is 11.8 Å². The summed E-state index contributed by atoms with van der Waals surface area (Å²) >= 11 is 0. The second-order valence-electron chi connectivity index (χ2n) is 4.58. The zero-order chi connectivity index (χ0) is 12.1. The first-order chi connectivity index (χ1) is 8.33. The van der Waals surface area contributed by atoms with Crippen molar-refractivity contribution >= 4 is 0 Å². The van der Waals surface area contributed by atoms with Gasteiger partial charge >= 0.3 is 0 Å². The van der Waals surface area contributed by atoms with Crippen LogP contribution < -0.4 is 5.73 Å². The molecule has 1 aromatic heterocycles. The second kappa shape index (κ2) is 5.76. The van der Waals surface area contributed by atoms with E-state index >= 15 is 0 Å². The van der Waals surface area contributed by atoms with Crippen LogP contribution in [0.25, 0.3) is 0 Å². The van der Waals surface area contributed by atoms with E-state index in [1.165, 1.54) is 12.8 Å². The molecule has 4 nitrogen and oxygen atoms in total. The molecular weight excluding hydrogens is 212 g/mol. The quantitative estimate of drug-likeness (QED) is 0.845. The van der Waals surface area contributed by atoms with Gasteiger partial charge in [0.05, 0.1) is 0 Å². The summed E-state index contributed by atoms with van der Waals surface area (Å²) in [6.45, 7) is 3.77. The summed E-state index contributed by atoms with van der Waals surface area (Å²) in [6, 6.07) is 6.03. The Morgan fingerprint density at radius 1 is 1.47 bits per heavy atom. The first kappa shape index (κ1) is 12.0. The highest BCUT2D eigenvalue weighted by Gasteiger charge is 2.18. The fourth-order valence-electron chi connectivity index (χ4n) is 2.29. The molecule has 1 saturated heterocycles. The van der Waals surface area contributed by atoms with Crippen molar-refractivity contribution in [1.29, 1.82) is 5.26 Å². The van der Waals surface area contributed by atoms with E-state index < -0.39 is 0 Å². The Bertz CT molecular complexity index is 402. The Hall–Kier alpha value is -1.44. The zero-order valence-corrected chi connectivity index (χ0v) is 9.97. The van der Waals surface area contributed by atoms with Gasteiger partial charge in [-0.1, -0.05) is 6.07 Å². The fraction of sp³-hybridized carbons (Fsp3) is 0.538. The van der Waals surface area contributed by atoms with Gasteiger partial charge in [-0.25, -0.2) is 4.98 Å². The van der Waals surface area contributed by atoms with E-state index in [0.717, 1.165) is 31.7 Å². The summed E-state index contributed by atoms with van der Waals surface area (Å²) in [5.74, 6) is 0.676. The maximum absolute atomic E-state index is 8.98. The highest BCUT2D eigenvalue weighted by atomic mass is 15.1. The van der Waals surface area contributed by atoms with Crippen LogP contribution in [0, 0.1) is 17.2 Å². The lowest BCUT2D eigenvalue weighted by Crippen LogP contribution is -2.35. The number of aromatic nitrogens is 1. The summed E-state index contributed by atoms with van der Waals surface area (Å²) in [4.78, 5) is 6.46. The fourth-order valence-corrected chi connectivity index (χ4v) is 2.29. The van der Waals surface area contributed by atoms with Crippen molar-refractivity contribution in [1.82, 2.24) is 9.88 Å². The molecule has 1 aliphatic heterocycles. The first-order valence-corrected chi connectivity index (χ1v) is 6.10. The molecule has 0 bridgehead atoms. The molecule has 1 aliphatic rings. The van der Waals surface area contributed by atoms with Crippen LogP contribution in [-0.2, 0) is 6.54 Å². The van der Waals surface area contributed by atoms with Crippen LogP contribution >= 0.6 is 0 Å². The molecule has 0 radical (unpaired) electrons. The zero-order valence-electron chi connectivity index (χ0n) is 9.97. The average Bonchev–Trinajstić information content (AvgIpc) is 2.40. The second-order valence-corrected chi connectivity index (χ2v) is 4.58. The van der Waals surface area contributed by atoms with Crippen LogP contribution in [0.5, 0.6) is 0 Å². The minimum Gasteiger partial charge on any atom is -0.330 e. The highest BCUT2D eigenvalue weighted by molar-refractivity contribution is 5.30. The molecule has 4 heteroatoms. The van der Waals surface area contributed by atoms with Gasteiger partial charge in [0, 0.05) is 18.3 Å². The summed E-state index contributed by atoms with van der Waals surface area (Å²) in [7, 11) is 0. The number of likely N-dealkylation sites (tertiary alicyclic amines) is 1. The Balaban J connectivity index is 1.96. The molecule has 2 heterocycles. The predicted octanol–water partition coefficient (Wildman–Crippen LogP) is 1.12. The molecular formula is C13H18N4. The monoisotopic (exact) mass is 230 g/mol. The maximum Gasteiger partial charge on any atom is 0.144 e. The average molecular weight is 230 g/mol. The van der Waals surface area contributed by atoms with Crippen molar-refractivity contribution in [3.63, 3.8) is 0 Å². The lowest BCUT2D eigenvalue weighted by molar-refractivity contribution is 0.180. The van der Waals surface area contributed by atoms with E-state index in [-0.39, 0.29) is 0 Å². The van der Waals surface area contributed by atoms with Gasteiger partial charge in [-0.3, -0.25) is 4.90 Å². The van der Waals surface area contributed by atoms with Crippen LogP contribution in [0.4, 0.5) is 0 Å². The Kier molecular flexibility index (Phi) is 4.08. The summed E-state index contributed by atoms with van der Waals surface area (Å²) < 4.78 is 0. The van der Waals surface area contributed by atoms with Gasteiger partial charge in [0.25, 0.3) is 0 Å². The topological polar surface area (TPSA) is 65.9 Å². The van der Waals surface area contributed by atoms with Crippen molar-refractivity contribution in [2.75, 3.05) is 19.6 Å². The molecule has 0 unspecified atom stereocenters. The molecule has 1 aromatic rings. The normalized spacial score (nSPS) is 17.9. The lowest BCUT2D eigenvalue weighted by atomic mass is 9.97. The molecule has 2 N–H and O–H groups in total. The number of nitriles is 1. The van der Waals surface area contributed by atoms with Crippen molar-refractivity contribution in [3.05, 3.63) is 29.6 Å². The van der Waals surface area contributed by atoms with Gasteiger partial charge in [0.15, 0.2) is 0 Å². The van der Waals surface area contributed by atoms with Gasteiger partial charge in [-0.05, 0) is 44.5 Å². The van der Waals surface area contributed by atoms with E-state index in [9.17, 15) is 0 Å². The summed E-state index contributed by atoms with van der Waals surface area (Å²) in [5, 5.41) is 8.98. The van der Waals surface area contributed by atoms with Crippen molar-refractivity contribution < 1.29 is 0 Å². The largest absolute Gasteiger partial charge is 0.330 e. The third-order valence-corrected chi connectivity index (χ3v) is 3.43. The van der Waals surface area contributed by atoms with Crippen molar-refractivity contribution in [2.45, 2.75) is 19.4 Å². The van der Waals surface area contributed by atoms with Crippen LogP contribution in [0.3, 0.4) is 0 Å². The van der Waals surface area contributed by atoms with Crippen molar-refractivity contribution in [2.24, 2.45) is 11.7 Å². The van der Waals surface area contributed by atoms with Crippen molar-refractivity contribution in [3.8, 4) is 6.07 Å². The van der Waals surface area contributed by atoms with E-state index in [2.05, 4.69) is 16.0 Å². The third-order valence-electron chi connectivity index (χ3n) is 3.43. The van der Waals surface area contributed by atoms with Crippen LogP contribution in [0.2, 0.25) is 0 Å². The maximum atomic E-state index is 8.98. The summed E-state index contributed by atoms with van der Waals surface area (Å²) in [6.07, 6.45) is 4.00. The van der Waals surface area contributed by atoms with Gasteiger partial charge in [-0.15, -0.1) is 0 Å². The highest BCUT2D eigenvalue weighted by Crippen LogP contribution is 2.18. The predicted molar refractivity (Wildman–Crippen MR) is 66.0 cm³/mol. The Morgan fingerprint density at radius 2 is 2.24 bits per heavy atom. The number of hydrogen-bond donors (Lipinski definition) is 1. The molecule has 2 rings (SSSR count). The van der Waals surface area contributed by atoms with Crippen LogP contribution in [-0.4, -0.2) is 29.5 Å². The lowest BCUT2D eigenvalue weighted by Gasteiger charge is -2.31. The number of nitrogens with two attached hydrogens (primary N) is 1. The molecule has 90 valence electrons.